The highest BCUT2D eigenvalue weighted by Crippen LogP contribution is 2.34. The highest BCUT2D eigenvalue weighted by Gasteiger charge is 2.31. The fraction of sp³-hybridized carbons (Fsp3) is 0.278. The lowest BCUT2D eigenvalue weighted by atomic mass is 10.2. The average Bonchev–Trinajstić information content (AvgIpc) is 2.96. The zero-order valence-electron chi connectivity index (χ0n) is 15.7. The molecule has 29 heavy (non-hydrogen) atoms. The van der Waals surface area contributed by atoms with Crippen molar-refractivity contribution in [1.29, 1.82) is 0 Å². The van der Waals surface area contributed by atoms with E-state index in [-0.39, 0.29) is 33.5 Å². The molecule has 1 aromatic carbocycles. The minimum absolute atomic E-state index is 0.0453. The Bertz CT molecular complexity index is 1220. The Morgan fingerprint density at radius 2 is 1.86 bits per heavy atom. The number of carbonyl (C=O) groups excluding carboxylic acids is 1. The number of pyridine rings is 1. The Balaban J connectivity index is 2.29. The lowest BCUT2D eigenvalue weighted by molar-refractivity contribution is -0.137. The van der Waals surface area contributed by atoms with Crippen LogP contribution in [0.5, 0.6) is 0 Å². The van der Waals surface area contributed by atoms with E-state index in [0.29, 0.717) is 5.52 Å². The Labute approximate surface area is 164 Å². The van der Waals surface area contributed by atoms with Crippen LogP contribution >= 0.6 is 0 Å². The van der Waals surface area contributed by atoms with Crippen molar-refractivity contribution in [3.05, 3.63) is 35.9 Å². The molecule has 0 bridgehead atoms. The number of hydrogen-bond acceptors (Lipinski definition) is 5. The van der Waals surface area contributed by atoms with Crippen molar-refractivity contribution in [3.8, 4) is 11.5 Å². The molecule has 0 aliphatic heterocycles. The minimum atomic E-state index is -4.54. The largest absolute Gasteiger partial charge is 0.416 e. The third-order valence-corrected chi connectivity index (χ3v) is 6.06. The number of aromatic nitrogens is 3. The maximum atomic E-state index is 13.0. The molecule has 154 valence electrons. The molecular formula is C18H17F3N4O3S. The number of nitrogens with zero attached hydrogens (tertiary/aromatic N) is 3. The van der Waals surface area contributed by atoms with Gasteiger partial charge in [-0.05, 0) is 30.3 Å². The summed E-state index contributed by atoms with van der Waals surface area (Å²) >= 11 is 0. The van der Waals surface area contributed by atoms with Crippen LogP contribution in [0.2, 0.25) is 0 Å². The number of amides is 1. The normalized spacial score (nSPS) is 12.3. The molecule has 0 aliphatic rings. The van der Waals surface area contributed by atoms with E-state index in [0.717, 1.165) is 12.1 Å². The SMILES string of the molecule is CCS(=O)(=O)c1ccc(NC(C)=O)nc1-c1nc2cc(C(F)(F)F)ccc2n1C. The van der Waals surface area contributed by atoms with E-state index in [2.05, 4.69) is 15.3 Å². The highest BCUT2D eigenvalue weighted by atomic mass is 32.2. The number of hydrogen-bond donors (Lipinski definition) is 1. The predicted molar refractivity (Wildman–Crippen MR) is 101 cm³/mol. The number of aryl methyl sites for hydroxylation is 1. The summed E-state index contributed by atoms with van der Waals surface area (Å²) in [7, 11) is -2.17. The number of nitrogens with one attached hydrogen (secondary N) is 1. The zero-order valence-corrected chi connectivity index (χ0v) is 16.5. The maximum absolute atomic E-state index is 13.0. The topological polar surface area (TPSA) is 93.9 Å². The first-order valence-electron chi connectivity index (χ1n) is 8.49. The second kappa shape index (κ2) is 7.14. The first kappa shape index (κ1) is 20.8. The number of sulfone groups is 1. The van der Waals surface area contributed by atoms with Gasteiger partial charge < -0.3 is 9.88 Å². The van der Waals surface area contributed by atoms with Gasteiger partial charge in [0, 0.05) is 14.0 Å². The molecule has 2 aromatic heterocycles. The second-order valence-corrected chi connectivity index (χ2v) is 8.57. The molecular weight excluding hydrogens is 409 g/mol. The Hall–Kier alpha value is -2.95. The summed E-state index contributed by atoms with van der Waals surface area (Å²) in [6, 6.07) is 5.73. The molecule has 1 N–H and O–H groups in total. The molecule has 1 amide bonds. The summed E-state index contributed by atoms with van der Waals surface area (Å²) in [6.07, 6.45) is -4.54. The Kier molecular flexibility index (Phi) is 5.11. The van der Waals surface area contributed by atoms with Crippen molar-refractivity contribution in [2.45, 2.75) is 24.9 Å². The van der Waals surface area contributed by atoms with Crippen molar-refractivity contribution in [1.82, 2.24) is 14.5 Å². The summed E-state index contributed by atoms with van der Waals surface area (Å²) in [5.41, 5.74) is -0.496. The Morgan fingerprint density at radius 3 is 2.45 bits per heavy atom. The van der Waals surface area contributed by atoms with Gasteiger partial charge in [0.05, 0.1) is 27.2 Å². The van der Waals surface area contributed by atoms with E-state index >= 15 is 0 Å². The van der Waals surface area contributed by atoms with Crippen LogP contribution in [0.3, 0.4) is 0 Å². The summed E-state index contributed by atoms with van der Waals surface area (Å²) in [4.78, 5) is 19.6. The van der Waals surface area contributed by atoms with Gasteiger partial charge in [-0.1, -0.05) is 6.92 Å². The molecule has 11 heteroatoms. The summed E-state index contributed by atoms with van der Waals surface area (Å²) < 4.78 is 65.6. The van der Waals surface area contributed by atoms with E-state index in [1.54, 1.807) is 7.05 Å². The molecule has 3 aromatic rings. The zero-order chi connectivity index (χ0) is 21.6. The lowest BCUT2D eigenvalue weighted by Gasteiger charge is -2.11. The molecule has 0 atom stereocenters. The van der Waals surface area contributed by atoms with E-state index in [9.17, 15) is 26.4 Å². The fourth-order valence-corrected chi connectivity index (χ4v) is 3.87. The summed E-state index contributed by atoms with van der Waals surface area (Å²) in [6.45, 7) is 2.73. The molecule has 0 radical (unpaired) electrons. The first-order valence-corrected chi connectivity index (χ1v) is 10.1. The van der Waals surface area contributed by atoms with E-state index in [1.165, 1.54) is 36.6 Å². The number of imidazole rings is 1. The minimum Gasteiger partial charge on any atom is -0.326 e. The van der Waals surface area contributed by atoms with Crippen LogP contribution in [0.15, 0.2) is 35.2 Å². The molecule has 0 fully saturated rings. The first-order chi connectivity index (χ1) is 13.4. The molecule has 3 rings (SSSR count). The van der Waals surface area contributed by atoms with Gasteiger partial charge in [-0.2, -0.15) is 13.2 Å². The maximum Gasteiger partial charge on any atom is 0.416 e. The van der Waals surface area contributed by atoms with Crippen molar-refractivity contribution >= 4 is 32.6 Å². The molecule has 0 saturated carbocycles. The summed E-state index contributed by atoms with van der Waals surface area (Å²) in [5.74, 6) is -0.443. The van der Waals surface area contributed by atoms with Crippen LogP contribution in [0.1, 0.15) is 19.4 Å². The third kappa shape index (κ3) is 3.95. The van der Waals surface area contributed by atoms with E-state index < -0.39 is 27.5 Å². The monoisotopic (exact) mass is 426 g/mol. The fourth-order valence-electron chi connectivity index (χ4n) is 2.85. The number of rotatable bonds is 4. The standard InChI is InChI=1S/C18H17F3N4O3S/c1-4-29(27,28)14-7-8-15(22-10(2)26)24-16(14)17-23-12-9-11(18(19,20)21)5-6-13(12)25(17)3/h5-9H,4H2,1-3H3,(H,22,24,26). The van der Waals surface area contributed by atoms with Gasteiger partial charge in [0.2, 0.25) is 5.91 Å². The van der Waals surface area contributed by atoms with Crippen LogP contribution in [0.25, 0.3) is 22.6 Å². The van der Waals surface area contributed by atoms with Gasteiger partial charge in [0.1, 0.15) is 11.5 Å². The smallest absolute Gasteiger partial charge is 0.326 e. The number of anilines is 1. The van der Waals surface area contributed by atoms with Crippen molar-refractivity contribution in [2.75, 3.05) is 11.1 Å². The van der Waals surface area contributed by atoms with Crippen molar-refractivity contribution < 1.29 is 26.4 Å². The average molecular weight is 426 g/mol. The number of halogens is 3. The highest BCUT2D eigenvalue weighted by molar-refractivity contribution is 7.91. The number of alkyl halides is 3. The molecule has 0 spiro atoms. The van der Waals surface area contributed by atoms with Crippen molar-refractivity contribution in [2.24, 2.45) is 7.05 Å². The number of carbonyl (C=O) groups is 1. The van der Waals surface area contributed by atoms with Crippen LogP contribution in [-0.4, -0.2) is 34.6 Å². The second-order valence-electron chi connectivity index (χ2n) is 6.32. The van der Waals surface area contributed by atoms with Gasteiger partial charge in [0.15, 0.2) is 15.7 Å². The predicted octanol–water partition coefficient (Wildman–Crippen LogP) is 3.41. The third-order valence-electron chi connectivity index (χ3n) is 4.30. The van der Waals surface area contributed by atoms with Crippen LogP contribution in [-0.2, 0) is 27.9 Å². The number of benzene rings is 1. The molecule has 0 saturated heterocycles. The van der Waals surface area contributed by atoms with Crippen LogP contribution < -0.4 is 5.32 Å². The molecule has 0 aliphatic carbocycles. The Morgan fingerprint density at radius 1 is 1.17 bits per heavy atom. The summed E-state index contributed by atoms with van der Waals surface area (Å²) in [5, 5.41) is 2.46. The van der Waals surface area contributed by atoms with Gasteiger partial charge >= 0.3 is 6.18 Å². The van der Waals surface area contributed by atoms with Gasteiger partial charge in [-0.3, -0.25) is 4.79 Å². The van der Waals surface area contributed by atoms with E-state index in [4.69, 9.17) is 0 Å². The quantitative estimate of drug-likeness (QED) is 0.690. The van der Waals surface area contributed by atoms with Gasteiger partial charge in [0.25, 0.3) is 0 Å². The molecule has 7 nitrogen and oxygen atoms in total. The van der Waals surface area contributed by atoms with Crippen LogP contribution in [0, 0.1) is 0 Å². The lowest BCUT2D eigenvalue weighted by Crippen LogP contribution is -2.12. The van der Waals surface area contributed by atoms with Gasteiger partial charge in [-0.25, -0.2) is 18.4 Å². The van der Waals surface area contributed by atoms with Crippen LogP contribution in [0.4, 0.5) is 19.0 Å². The van der Waals surface area contributed by atoms with Crippen molar-refractivity contribution in [3.63, 3.8) is 0 Å². The molecule has 0 unspecified atom stereocenters. The van der Waals surface area contributed by atoms with Gasteiger partial charge in [-0.15, -0.1) is 0 Å². The van der Waals surface area contributed by atoms with E-state index in [1.807, 2.05) is 0 Å². The molecule has 2 heterocycles. The number of fused-ring (bicyclic) bond motifs is 1.